The van der Waals surface area contributed by atoms with Gasteiger partial charge in [-0.05, 0) is 12.8 Å². The average Bonchev–Trinajstić information content (AvgIpc) is 1.97. The van der Waals surface area contributed by atoms with Gasteiger partial charge in [-0.25, -0.2) is 0 Å². The Morgan fingerprint density at radius 3 is 2.45 bits per heavy atom. The summed E-state index contributed by atoms with van der Waals surface area (Å²) in [5, 5.41) is 17.5. The largest absolute Gasteiger partial charge is 0.396 e. The molecule has 3 nitrogen and oxygen atoms in total. The molecule has 0 spiro atoms. The summed E-state index contributed by atoms with van der Waals surface area (Å²) in [5.41, 5.74) is 0. The Morgan fingerprint density at radius 1 is 1.36 bits per heavy atom. The highest BCUT2D eigenvalue weighted by molar-refractivity contribution is 4.80. The minimum absolute atomic E-state index is 0.189. The van der Waals surface area contributed by atoms with Crippen molar-refractivity contribution >= 4 is 0 Å². The van der Waals surface area contributed by atoms with Gasteiger partial charge in [0.15, 0.2) is 6.29 Å². The van der Waals surface area contributed by atoms with Gasteiger partial charge in [-0.2, -0.15) is 0 Å². The highest BCUT2D eigenvalue weighted by Crippen LogP contribution is 2.05. The van der Waals surface area contributed by atoms with Gasteiger partial charge in [0.2, 0.25) is 0 Å². The van der Waals surface area contributed by atoms with Crippen LogP contribution >= 0.6 is 0 Å². The SMILES string of the molecule is C[C](C)C(O)OCCCCO. The maximum Gasteiger partial charge on any atom is 0.160 e. The molecule has 0 bridgehead atoms. The van der Waals surface area contributed by atoms with Crippen LogP contribution < -0.4 is 0 Å². The molecule has 0 saturated carbocycles. The Bertz CT molecular complexity index is 83.4. The first-order valence-corrected chi connectivity index (χ1v) is 3.89. The molecule has 0 amide bonds. The van der Waals surface area contributed by atoms with Crippen LogP contribution in [0.4, 0.5) is 0 Å². The second-order valence-corrected chi connectivity index (χ2v) is 2.73. The van der Waals surface area contributed by atoms with Crippen LogP contribution in [0.3, 0.4) is 0 Å². The van der Waals surface area contributed by atoms with E-state index in [-0.39, 0.29) is 6.61 Å². The van der Waals surface area contributed by atoms with Crippen LogP contribution in [0.1, 0.15) is 26.7 Å². The van der Waals surface area contributed by atoms with E-state index in [1.54, 1.807) is 0 Å². The van der Waals surface area contributed by atoms with Gasteiger partial charge in [-0.3, -0.25) is 0 Å². The Kier molecular flexibility index (Phi) is 6.51. The molecule has 1 atom stereocenters. The smallest absolute Gasteiger partial charge is 0.160 e. The molecule has 1 unspecified atom stereocenters. The second-order valence-electron chi connectivity index (χ2n) is 2.73. The quantitative estimate of drug-likeness (QED) is 0.445. The third-order valence-corrected chi connectivity index (χ3v) is 1.32. The van der Waals surface area contributed by atoms with Crippen molar-refractivity contribution in [2.75, 3.05) is 13.2 Å². The van der Waals surface area contributed by atoms with Crippen molar-refractivity contribution in [1.29, 1.82) is 0 Å². The lowest BCUT2D eigenvalue weighted by Crippen LogP contribution is -2.17. The third kappa shape index (κ3) is 6.28. The third-order valence-electron chi connectivity index (χ3n) is 1.32. The van der Waals surface area contributed by atoms with Gasteiger partial charge in [0.25, 0.3) is 0 Å². The maximum atomic E-state index is 9.10. The fourth-order valence-electron chi connectivity index (χ4n) is 0.575. The van der Waals surface area contributed by atoms with Gasteiger partial charge in [0.1, 0.15) is 0 Å². The molecule has 0 fully saturated rings. The van der Waals surface area contributed by atoms with Gasteiger partial charge in [0.05, 0.1) is 0 Å². The van der Waals surface area contributed by atoms with Crippen molar-refractivity contribution in [1.82, 2.24) is 0 Å². The summed E-state index contributed by atoms with van der Waals surface area (Å²) < 4.78 is 5.01. The lowest BCUT2D eigenvalue weighted by Gasteiger charge is -2.14. The Hall–Kier alpha value is -0.120. The first-order valence-electron chi connectivity index (χ1n) is 3.89. The molecule has 0 aromatic rings. The van der Waals surface area contributed by atoms with Crippen molar-refractivity contribution in [2.45, 2.75) is 33.0 Å². The number of aliphatic hydroxyl groups is 2. The number of unbranched alkanes of at least 4 members (excludes halogenated alkanes) is 1. The summed E-state index contributed by atoms with van der Waals surface area (Å²) in [6.45, 7) is 4.33. The second kappa shape index (κ2) is 6.58. The van der Waals surface area contributed by atoms with Crippen LogP contribution in [0, 0.1) is 5.92 Å². The summed E-state index contributed by atoms with van der Waals surface area (Å²) in [4.78, 5) is 0. The lowest BCUT2D eigenvalue weighted by atomic mass is 10.2. The minimum Gasteiger partial charge on any atom is -0.396 e. The van der Waals surface area contributed by atoms with Gasteiger partial charge < -0.3 is 14.9 Å². The van der Waals surface area contributed by atoms with Crippen molar-refractivity contribution < 1.29 is 14.9 Å². The van der Waals surface area contributed by atoms with Crippen molar-refractivity contribution in [3.05, 3.63) is 5.92 Å². The van der Waals surface area contributed by atoms with Crippen molar-refractivity contribution in [3.8, 4) is 0 Å². The molecule has 67 valence electrons. The summed E-state index contributed by atoms with van der Waals surface area (Å²) in [6.07, 6.45) is 0.782. The zero-order valence-electron chi connectivity index (χ0n) is 7.21. The van der Waals surface area contributed by atoms with E-state index in [0.717, 1.165) is 18.8 Å². The van der Waals surface area contributed by atoms with Crippen LogP contribution in [0.15, 0.2) is 0 Å². The molecular weight excluding hydrogens is 144 g/mol. The normalized spacial score (nSPS) is 13.9. The first-order chi connectivity index (χ1) is 5.18. The molecule has 0 heterocycles. The number of rotatable bonds is 6. The van der Waals surface area contributed by atoms with E-state index >= 15 is 0 Å². The Balaban J connectivity index is 3.10. The molecule has 11 heavy (non-hydrogen) atoms. The van der Waals surface area contributed by atoms with Gasteiger partial charge in [-0.1, -0.05) is 13.8 Å². The summed E-state index contributed by atoms with van der Waals surface area (Å²) >= 11 is 0. The average molecular weight is 161 g/mol. The number of ether oxygens (including phenoxy) is 1. The van der Waals surface area contributed by atoms with Crippen LogP contribution in [0.25, 0.3) is 0 Å². The van der Waals surface area contributed by atoms with E-state index in [1.807, 2.05) is 13.8 Å². The zero-order chi connectivity index (χ0) is 8.69. The molecule has 0 aliphatic carbocycles. The minimum atomic E-state index is -0.742. The Labute approximate surface area is 68.0 Å². The highest BCUT2D eigenvalue weighted by atomic mass is 16.6. The molecular formula is C8H17O3. The van der Waals surface area contributed by atoms with E-state index < -0.39 is 6.29 Å². The number of hydrogen-bond acceptors (Lipinski definition) is 3. The van der Waals surface area contributed by atoms with Crippen LogP contribution in [0.5, 0.6) is 0 Å². The lowest BCUT2D eigenvalue weighted by molar-refractivity contribution is -0.0875. The van der Waals surface area contributed by atoms with Crippen molar-refractivity contribution in [2.24, 2.45) is 0 Å². The molecule has 0 rings (SSSR count). The predicted molar refractivity (Wildman–Crippen MR) is 42.9 cm³/mol. The van der Waals surface area contributed by atoms with Crippen LogP contribution in [0.2, 0.25) is 0 Å². The monoisotopic (exact) mass is 161 g/mol. The number of hydrogen-bond donors (Lipinski definition) is 2. The summed E-state index contributed by atoms with van der Waals surface area (Å²) in [7, 11) is 0. The molecule has 3 heteroatoms. The van der Waals surface area contributed by atoms with Crippen molar-refractivity contribution in [3.63, 3.8) is 0 Å². The fraction of sp³-hybridized carbons (Fsp3) is 0.875. The zero-order valence-corrected chi connectivity index (χ0v) is 7.21. The van der Waals surface area contributed by atoms with Gasteiger partial charge >= 0.3 is 0 Å². The van der Waals surface area contributed by atoms with Gasteiger partial charge in [0, 0.05) is 19.1 Å². The van der Waals surface area contributed by atoms with Crippen LogP contribution in [-0.4, -0.2) is 29.7 Å². The van der Waals surface area contributed by atoms with Crippen LogP contribution in [-0.2, 0) is 4.74 Å². The molecule has 0 aliphatic heterocycles. The van der Waals surface area contributed by atoms with E-state index in [2.05, 4.69) is 0 Å². The topological polar surface area (TPSA) is 49.7 Å². The van der Waals surface area contributed by atoms with E-state index in [9.17, 15) is 0 Å². The van der Waals surface area contributed by atoms with E-state index in [1.165, 1.54) is 0 Å². The summed E-state index contributed by atoms with van der Waals surface area (Å²) in [6, 6.07) is 0. The number of aliphatic hydroxyl groups excluding tert-OH is 2. The first kappa shape index (κ1) is 10.9. The molecule has 1 radical (unpaired) electrons. The molecule has 0 aliphatic rings. The summed E-state index contributed by atoms with van der Waals surface area (Å²) in [5.74, 6) is 0.856. The predicted octanol–water partition coefficient (Wildman–Crippen LogP) is 0.708. The standard InChI is InChI=1S/C8H17O3/c1-7(2)8(10)11-6-4-3-5-9/h8-10H,3-6H2,1-2H3. The molecule has 2 N–H and O–H groups in total. The van der Waals surface area contributed by atoms with Gasteiger partial charge in [-0.15, -0.1) is 0 Å². The van der Waals surface area contributed by atoms with E-state index in [0.29, 0.717) is 6.61 Å². The molecule has 0 saturated heterocycles. The Morgan fingerprint density at radius 2 is 2.00 bits per heavy atom. The van der Waals surface area contributed by atoms with E-state index in [4.69, 9.17) is 14.9 Å². The molecule has 0 aromatic heterocycles. The highest BCUT2D eigenvalue weighted by Gasteiger charge is 2.08. The fourth-order valence-corrected chi connectivity index (χ4v) is 0.575. The maximum absolute atomic E-state index is 9.10. The molecule has 0 aromatic carbocycles.